The lowest BCUT2D eigenvalue weighted by Crippen LogP contribution is -2.03. The number of carbonyl (C=O) groups is 1. The molecule has 2 heterocycles. The fraction of sp³-hybridized carbons (Fsp3) is 0.167. The third kappa shape index (κ3) is 2.20. The molecule has 2 aromatic heterocycles. The third-order valence-electron chi connectivity index (χ3n) is 2.23. The zero-order valence-electron chi connectivity index (χ0n) is 8.42. The van der Waals surface area contributed by atoms with Crippen LogP contribution in [0.5, 0.6) is 0 Å². The Balaban J connectivity index is 2.09. The van der Waals surface area contributed by atoms with Gasteiger partial charge in [-0.1, -0.05) is 6.07 Å². The molecule has 4 heteroatoms. The fourth-order valence-corrected chi connectivity index (χ4v) is 2.10. The van der Waals surface area contributed by atoms with Crippen LogP contribution in [0.1, 0.15) is 27.8 Å². The number of thiophene rings is 1. The summed E-state index contributed by atoms with van der Waals surface area (Å²) >= 11 is 1.39. The summed E-state index contributed by atoms with van der Waals surface area (Å²) in [5.41, 5.74) is 0. The van der Waals surface area contributed by atoms with E-state index in [-0.39, 0.29) is 12.2 Å². The lowest BCUT2D eigenvalue weighted by atomic mass is 10.0. The number of ketones is 1. The number of carbonyl (C=O) groups excluding carboxylic acids is 1. The van der Waals surface area contributed by atoms with Gasteiger partial charge in [0.15, 0.2) is 5.78 Å². The van der Waals surface area contributed by atoms with E-state index in [4.69, 9.17) is 9.68 Å². The van der Waals surface area contributed by atoms with E-state index in [0.29, 0.717) is 10.6 Å². The van der Waals surface area contributed by atoms with E-state index >= 15 is 0 Å². The second-order valence-electron chi connectivity index (χ2n) is 3.30. The average Bonchev–Trinajstić information content (AvgIpc) is 2.96. The van der Waals surface area contributed by atoms with Crippen LogP contribution in [0.3, 0.4) is 0 Å². The van der Waals surface area contributed by atoms with Crippen molar-refractivity contribution in [3.63, 3.8) is 0 Å². The van der Waals surface area contributed by atoms with Gasteiger partial charge in [-0.25, -0.2) is 0 Å². The highest BCUT2D eigenvalue weighted by molar-refractivity contribution is 7.12. The molecule has 0 saturated carbocycles. The standard InChI is InChI=1S/C12H9NO2S/c13-8-9(11-3-1-5-15-11)7-10(14)12-4-2-6-16-12/h1-6,9H,7H2. The van der Waals surface area contributed by atoms with Gasteiger partial charge in [0, 0.05) is 6.42 Å². The van der Waals surface area contributed by atoms with Crippen molar-refractivity contribution in [2.75, 3.05) is 0 Å². The van der Waals surface area contributed by atoms with Gasteiger partial charge >= 0.3 is 0 Å². The maximum atomic E-state index is 11.8. The first-order valence-electron chi connectivity index (χ1n) is 4.81. The van der Waals surface area contributed by atoms with Crippen molar-refractivity contribution in [2.24, 2.45) is 0 Å². The van der Waals surface area contributed by atoms with E-state index < -0.39 is 5.92 Å². The Kier molecular flexibility index (Phi) is 3.18. The van der Waals surface area contributed by atoms with Crippen molar-refractivity contribution in [1.82, 2.24) is 0 Å². The maximum absolute atomic E-state index is 11.8. The van der Waals surface area contributed by atoms with E-state index in [1.807, 2.05) is 11.4 Å². The van der Waals surface area contributed by atoms with Crippen molar-refractivity contribution >= 4 is 17.1 Å². The highest BCUT2D eigenvalue weighted by Gasteiger charge is 2.19. The van der Waals surface area contributed by atoms with Gasteiger partial charge in [-0.15, -0.1) is 11.3 Å². The van der Waals surface area contributed by atoms with Crippen molar-refractivity contribution in [3.05, 3.63) is 46.5 Å². The molecule has 3 nitrogen and oxygen atoms in total. The molecule has 0 N–H and O–H groups in total. The molecular weight excluding hydrogens is 222 g/mol. The molecule has 0 bridgehead atoms. The van der Waals surface area contributed by atoms with E-state index in [1.165, 1.54) is 17.6 Å². The van der Waals surface area contributed by atoms with Gasteiger partial charge in [-0.05, 0) is 23.6 Å². The average molecular weight is 231 g/mol. The molecule has 1 unspecified atom stereocenters. The molecule has 2 aromatic rings. The molecule has 0 aliphatic heterocycles. The smallest absolute Gasteiger partial charge is 0.174 e. The van der Waals surface area contributed by atoms with Crippen molar-refractivity contribution in [2.45, 2.75) is 12.3 Å². The minimum atomic E-state index is -0.496. The molecule has 0 spiro atoms. The summed E-state index contributed by atoms with van der Waals surface area (Å²) in [4.78, 5) is 12.5. The second kappa shape index (κ2) is 4.77. The van der Waals surface area contributed by atoms with E-state index in [0.717, 1.165) is 0 Å². The van der Waals surface area contributed by atoms with Gasteiger partial charge in [0.05, 0.1) is 17.2 Å². The summed E-state index contributed by atoms with van der Waals surface area (Å²) in [6.07, 6.45) is 1.68. The summed E-state index contributed by atoms with van der Waals surface area (Å²) in [7, 11) is 0. The summed E-state index contributed by atoms with van der Waals surface area (Å²) in [6, 6.07) is 9.12. The first kappa shape index (κ1) is 10.7. The molecule has 1 atom stereocenters. The number of hydrogen-bond donors (Lipinski definition) is 0. The molecule has 0 radical (unpaired) electrons. The Hall–Kier alpha value is -1.86. The highest BCUT2D eigenvalue weighted by Crippen LogP contribution is 2.22. The molecule has 0 fully saturated rings. The largest absolute Gasteiger partial charge is 0.468 e. The van der Waals surface area contributed by atoms with Gasteiger partial charge < -0.3 is 4.42 Å². The maximum Gasteiger partial charge on any atom is 0.174 e. The van der Waals surface area contributed by atoms with Gasteiger partial charge in [-0.2, -0.15) is 5.26 Å². The first-order valence-corrected chi connectivity index (χ1v) is 5.69. The molecule has 80 valence electrons. The topological polar surface area (TPSA) is 54.0 Å². The molecule has 0 saturated heterocycles. The molecule has 0 amide bonds. The summed E-state index contributed by atoms with van der Waals surface area (Å²) in [5.74, 6) is 0.0370. The summed E-state index contributed by atoms with van der Waals surface area (Å²) in [6.45, 7) is 0. The van der Waals surface area contributed by atoms with Crippen LogP contribution in [0.15, 0.2) is 40.3 Å². The van der Waals surface area contributed by atoms with Crippen LogP contribution in [-0.4, -0.2) is 5.78 Å². The van der Waals surface area contributed by atoms with E-state index in [2.05, 4.69) is 6.07 Å². The second-order valence-corrected chi connectivity index (χ2v) is 4.25. The molecule has 2 rings (SSSR count). The zero-order chi connectivity index (χ0) is 11.4. The number of nitrogens with zero attached hydrogens (tertiary/aromatic N) is 1. The third-order valence-corrected chi connectivity index (χ3v) is 3.14. The summed E-state index contributed by atoms with van der Waals surface area (Å²) in [5, 5.41) is 10.8. The Labute approximate surface area is 96.9 Å². The number of hydrogen-bond acceptors (Lipinski definition) is 4. The fourth-order valence-electron chi connectivity index (χ4n) is 1.42. The van der Waals surface area contributed by atoms with Gasteiger partial charge in [-0.3, -0.25) is 4.79 Å². The Morgan fingerprint density at radius 3 is 2.94 bits per heavy atom. The predicted octanol–water partition coefficient (Wildman–Crippen LogP) is 3.22. The van der Waals surface area contributed by atoms with Crippen LogP contribution < -0.4 is 0 Å². The van der Waals surface area contributed by atoms with Crippen LogP contribution in [0.4, 0.5) is 0 Å². The van der Waals surface area contributed by atoms with E-state index in [9.17, 15) is 4.79 Å². The number of Topliss-reactive ketones (excluding diaryl/α,β-unsaturated/α-hetero) is 1. The normalized spacial score (nSPS) is 11.9. The quantitative estimate of drug-likeness (QED) is 0.759. The van der Waals surface area contributed by atoms with Crippen LogP contribution in [-0.2, 0) is 0 Å². The SMILES string of the molecule is N#CC(CC(=O)c1cccs1)c1ccco1. The Morgan fingerprint density at radius 2 is 2.38 bits per heavy atom. The molecule has 0 aromatic carbocycles. The molecular formula is C12H9NO2S. The number of rotatable bonds is 4. The zero-order valence-corrected chi connectivity index (χ0v) is 9.24. The van der Waals surface area contributed by atoms with Crippen molar-refractivity contribution in [3.8, 4) is 6.07 Å². The Bertz CT molecular complexity index is 494. The molecule has 16 heavy (non-hydrogen) atoms. The molecule has 0 aliphatic rings. The van der Waals surface area contributed by atoms with Crippen molar-refractivity contribution < 1.29 is 9.21 Å². The number of furan rings is 1. The minimum absolute atomic E-state index is 0.0158. The van der Waals surface area contributed by atoms with Gasteiger partial charge in [0.25, 0.3) is 0 Å². The van der Waals surface area contributed by atoms with Crippen LogP contribution in [0.25, 0.3) is 0 Å². The van der Waals surface area contributed by atoms with Gasteiger partial charge in [0.2, 0.25) is 0 Å². The molecule has 0 aliphatic carbocycles. The van der Waals surface area contributed by atoms with Crippen molar-refractivity contribution in [1.29, 1.82) is 5.26 Å². The van der Waals surface area contributed by atoms with Crippen LogP contribution in [0, 0.1) is 11.3 Å². The minimum Gasteiger partial charge on any atom is -0.468 e. The summed E-state index contributed by atoms with van der Waals surface area (Å²) < 4.78 is 5.13. The lowest BCUT2D eigenvalue weighted by molar-refractivity contribution is 0.0980. The predicted molar refractivity (Wildman–Crippen MR) is 60.3 cm³/mol. The monoisotopic (exact) mass is 231 g/mol. The highest BCUT2D eigenvalue weighted by atomic mass is 32.1. The first-order chi connectivity index (χ1) is 7.81. The van der Waals surface area contributed by atoms with Crippen LogP contribution in [0.2, 0.25) is 0 Å². The van der Waals surface area contributed by atoms with E-state index in [1.54, 1.807) is 18.2 Å². The van der Waals surface area contributed by atoms with Crippen LogP contribution >= 0.6 is 11.3 Å². The van der Waals surface area contributed by atoms with Gasteiger partial charge in [0.1, 0.15) is 11.7 Å². The Morgan fingerprint density at radius 1 is 1.50 bits per heavy atom. The lowest BCUT2D eigenvalue weighted by Gasteiger charge is -2.03. The number of nitriles is 1.